The number of rotatable bonds is 2. The molecule has 0 saturated carbocycles. The third-order valence-corrected chi connectivity index (χ3v) is 3.43. The third kappa shape index (κ3) is 3.26. The molecule has 0 fully saturated rings. The van der Waals surface area contributed by atoms with Gasteiger partial charge in [0.25, 0.3) is 0 Å². The Morgan fingerprint density at radius 1 is 1.17 bits per heavy atom. The molecule has 23 heavy (non-hydrogen) atoms. The van der Waals surface area contributed by atoms with Crippen molar-refractivity contribution in [2.45, 2.75) is 13.1 Å². The first-order chi connectivity index (χ1) is 10.8. The zero-order valence-corrected chi connectivity index (χ0v) is 12.4. The molecule has 0 unspecified atom stereocenters. The van der Waals surface area contributed by atoms with E-state index in [1.807, 2.05) is 0 Å². The lowest BCUT2D eigenvalue weighted by atomic mass is 10.3. The third-order valence-electron chi connectivity index (χ3n) is 2.87. The second-order valence-electron chi connectivity index (χ2n) is 4.64. The normalized spacial score (nSPS) is 11.7. The molecule has 3 aromatic rings. The van der Waals surface area contributed by atoms with Crippen molar-refractivity contribution < 1.29 is 22.4 Å². The number of aryl methyl sites for hydroxylation is 1. The lowest BCUT2D eigenvalue weighted by Crippen LogP contribution is -2.21. The number of hydrogen-bond donors (Lipinski definition) is 2. The first-order valence-electron chi connectivity index (χ1n) is 6.31. The Morgan fingerprint density at radius 2 is 1.91 bits per heavy atom. The lowest BCUT2D eigenvalue weighted by Gasteiger charge is -2.09. The second kappa shape index (κ2) is 5.54. The van der Waals surface area contributed by atoms with Gasteiger partial charge in [0, 0.05) is 11.8 Å². The quantitative estimate of drug-likeness (QED) is 0.729. The van der Waals surface area contributed by atoms with E-state index in [0.717, 1.165) is 17.8 Å². The van der Waals surface area contributed by atoms with Gasteiger partial charge in [-0.1, -0.05) is 0 Å². The van der Waals surface area contributed by atoms with Crippen LogP contribution in [0.15, 0.2) is 28.7 Å². The Kier molecular flexibility index (Phi) is 3.68. The van der Waals surface area contributed by atoms with Crippen LogP contribution in [0.3, 0.4) is 0 Å². The molecular formula is C13H9F3N4O2S. The highest BCUT2D eigenvalue weighted by Crippen LogP contribution is 2.37. The molecule has 0 bridgehead atoms. The molecule has 1 aromatic carbocycles. The maximum atomic E-state index is 12.8. The minimum absolute atomic E-state index is 0.0441. The standard InChI is InChI=1S/C13H9F3N4O2S/c1-6-4-10(11(22-6)13(14,15)16)18-12(21)17-7-2-3-8-9(5-7)20-23-19-8/h2-5H,1H3,(H2,17,18,21). The van der Waals surface area contributed by atoms with Crippen LogP contribution in [0.1, 0.15) is 11.5 Å². The topological polar surface area (TPSA) is 80.0 Å². The van der Waals surface area contributed by atoms with Crippen molar-refractivity contribution in [3.63, 3.8) is 0 Å². The minimum atomic E-state index is -4.69. The van der Waals surface area contributed by atoms with E-state index in [1.165, 1.54) is 6.92 Å². The largest absolute Gasteiger partial charge is 0.455 e. The van der Waals surface area contributed by atoms with Crippen LogP contribution >= 0.6 is 11.7 Å². The molecule has 2 aromatic heterocycles. The maximum Gasteiger partial charge on any atom is 0.451 e. The number of alkyl halides is 3. The zero-order chi connectivity index (χ0) is 16.6. The van der Waals surface area contributed by atoms with Gasteiger partial charge < -0.3 is 15.1 Å². The summed E-state index contributed by atoms with van der Waals surface area (Å²) in [5.74, 6) is -1.20. The number of benzene rings is 1. The molecule has 2 amide bonds. The van der Waals surface area contributed by atoms with Crippen molar-refractivity contribution in [2.24, 2.45) is 0 Å². The highest BCUT2D eigenvalue weighted by Gasteiger charge is 2.38. The summed E-state index contributed by atoms with van der Waals surface area (Å²) < 4.78 is 51.0. The number of hydrogen-bond acceptors (Lipinski definition) is 5. The fourth-order valence-electron chi connectivity index (χ4n) is 1.96. The maximum absolute atomic E-state index is 12.8. The van der Waals surface area contributed by atoms with Crippen molar-refractivity contribution in [1.29, 1.82) is 0 Å². The van der Waals surface area contributed by atoms with E-state index >= 15 is 0 Å². The molecular weight excluding hydrogens is 333 g/mol. The zero-order valence-electron chi connectivity index (χ0n) is 11.6. The van der Waals surface area contributed by atoms with E-state index < -0.39 is 23.7 Å². The van der Waals surface area contributed by atoms with Gasteiger partial charge in [-0.3, -0.25) is 0 Å². The van der Waals surface area contributed by atoms with Gasteiger partial charge in [0.1, 0.15) is 16.8 Å². The summed E-state index contributed by atoms with van der Waals surface area (Å²) in [6, 6.07) is 5.09. The number of fused-ring (bicyclic) bond motifs is 1. The van der Waals surface area contributed by atoms with Gasteiger partial charge in [0.05, 0.1) is 17.4 Å². The number of urea groups is 1. The number of carbonyl (C=O) groups excluding carboxylic acids is 1. The summed E-state index contributed by atoms with van der Waals surface area (Å²) in [5.41, 5.74) is 1.20. The van der Waals surface area contributed by atoms with Gasteiger partial charge in [-0.15, -0.1) is 0 Å². The van der Waals surface area contributed by atoms with Gasteiger partial charge in [-0.05, 0) is 25.1 Å². The van der Waals surface area contributed by atoms with Crippen LogP contribution in [0.25, 0.3) is 11.0 Å². The minimum Gasteiger partial charge on any atom is -0.455 e. The predicted octanol–water partition coefficient (Wildman–Crippen LogP) is 4.26. The Morgan fingerprint density at radius 3 is 2.65 bits per heavy atom. The smallest absolute Gasteiger partial charge is 0.451 e. The van der Waals surface area contributed by atoms with Crippen molar-refractivity contribution in [3.05, 3.63) is 35.8 Å². The van der Waals surface area contributed by atoms with Crippen LogP contribution < -0.4 is 10.6 Å². The van der Waals surface area contributed by atoms with Crippen molar-refractivity contribution in [2.75, 3.05) is 10.6 Å². The molecule has 6 nitrogen and oxygen atoms in total. The van der Waals surface area contributed by atoms with Crippen LogP contribution in [0, 0.1) is 6.92 Å². The van der Waals surface area contributed by atoms with E-state index in [1.54, 1.807) is 18.2 Å². The Bertz CT molecular complexity index is 872. The van der Waals surface area contributed by atoms with Gasteiger partial charge >= 0.3 is 12.2 Å². The monoisotopic (exact) mass is 342 g/mol. The van der Waals surface area contributed by atoms with Crippen LogP contribution in [0.5, 0.6) is 0 Å². The molecule has 0 aliphatic heterocycles. The highest BCUT2D eigenvalue weighted by atomic mass is 32.1. The van der Waals surface area contributed by atoms with Gasteiger partial charge in [0.15, 0.2) is 0 Å². The van der Waals surface area contributed by atoms with Crippen molar-refractivity contribution >= 4 is 40.2 Å². The number of carbonyl (C=O) groups is 1. The Labute approximate surface area is 131 Å². The molecule has 0 saturated heterocycles. The number of furan rings is 1. The van der Waals surface area contributed by atoms with E-state index in [0.29, 0.717) is 16.7 Å². The lowest BCUT2D eigenvalue weighted by molar-refractivity contribution is -0.152. The van der Waals surface area contributed by atoms with Crippen LogP contribution in [0.2, 0.25) is 0 Å². The van der Waals surface area contributed by atoms with E-state index in [9.17, 15) is 18.0 Å². The van der Waals surface area contributed by atoms with Gasteiger partial charge in [-0.25, -0.2) is 4.79 Å². The van der Waals surface area contributed by atoms with Crippen LogP contribution in [-0.4, -0.2) is 14.8 Å². The van der Waals surface area contributed by atoms with E-state index in [-0.39, 0.29) is 5.76 Å². The first-order valence-corrected chi connectivity index (χ1v) is 7.04. The summed E-state index contributed by atoms with van der Waals surface area (Å²) in [4.78, 5) is 11.9. The molecule has 0 aliphatic carbocycles. The number of anilines is 2. The van der Waals surface area contributed by atoms with Gasteiger partial charge in [0.2, 0.25) is 5.76 Å². The summed E-state index contributed by atoms with van der Waals surface area (Å²) in [6.07, 6.45) is -4.69. The Balaban J connectivity index is 1.77. The molecule has 0 spiro atoms. The molecule has 120 valence electrons. The SMILES string of the molecule is Cc1cc(NC(=O)Nc2ccc3nsnc3c2)c(C(F)(F)F)o1. The van der Waals surface area contributed by atoms with Gasteiger partial charge in [-0.2, -0.15) is 21.9 Å². The van der Waals surface area contributed by atoms with Crippen LogP contribution in [0.4, 0.5) is 29.3 Å². The summed E-state index contributed by atoms with van der Waals surface area (Å²) in [6.45, 7) is 1.36. The molecule has 0 atom stereocenters. The predicted molar refractivity (Wildman–Crippen MR) is 78.5 cm³/mol. The van der Waals surface area contributed by atoms with Crippen molar-refractivity contribution in [3.8, 4) is 0 Å². The average molecular weight is 342 g/mol. The molecule has 10 heteroatoms. The second-order valence-corrected chi connectivity index (χ2v) is 5.17. The highest BCUT2D eigenvalue weighted by molar-refractivity contribution is 7.00. The summed E-state index contributed by atoms with van der Waals surface area (Å²) in [7, 11) is 0. The van der Waals surface area contributed by atoms with Crippen molar-refractivity contribution in [1.82, 2.24) is 8.75 Å². The fraction of sp³-hybridized carbons (Fsp3) is 0.154. The molecule has 2 heterocycles. The fourth-order valence-corrected chi connectivity index (χ4v) is 2.48. The number of nitrogens with one attached hydrogen (secondary N) is 2. The van der Waals surface area contributed by atoms with E-state index in [4.69, 9.17) is 0 Å². The number of halogens is 3. The van der Waals surface area contributed by atoms with E-state index in [2.05, 4.69) is 23.8 Å². The first kappa shape index (κ1) is 15.3. The number of aromatic nitrogens is 2. The summed E-state index contributed by atoms with van der Waals surface area (Å²) >= 11 is 1.02. The molecule has 0 radical (unpaired) electrons. The molecule has 3 rings (SSSR count). The molecule has 2 N–H and O–H groups in total. The molecule has 0 aliphatic rings. The Hall–Kier alpha value is -2.62. The average Bonchev–Trinajstić information content (AvgIpc) is 3.04. The number of amides is 2. The van der Waals surface area contributed by atoms with Crippen LogP contribution in [-0.2, 0) is 6.18 Å². The summed E-state index contributed by atoms with van der Waals surface area (Å²) in [5, 5.41) is 4.57. The number of nitrogens with zero attached hydrogens (tertiary/aromatic N) is 2.